The number of nitrogens with zero attached hydrogens (tertiary/aromatic N) is 2. The van der Waals surface area contributed by atoms with Crippen molar-refractivity contribution in [3.63, 3.8) is 0 Å². The molecular formula is C18H17N3O2S. The van der Waals surface area contributed by atoms with E-state index in [0.717, 1.165) is 22.0 Å². The van der Waals surface area contributed by atoms with Crippen molar-refractivity contribution in [2.24, 2.45) is 0 Å². The first-order valence-electron chi connectivity index (χ1n) is 7.50. The third-order valence-corrected chi connectivity index (χ3v) is 4.30. The number of amides is 1. The van der Waals surface area contributed by atoms with E-state index in [4.69, 9.17) is 4.74 Å². The predicted molar refractivity (Wildman–Crippen MR) is 93.3 cm³/mol. The van der Waals surface area contributed by atoms with Crippen molar-refractivity contribution < 1.29 is 9.53 Å². The largest absolute Gasteiger partial charge is 0.497 e. The molecule has 1 N–H and O–H groups in total. The number of thiazole rings is 1. The number of rotatable bonds is 6. The summed E-state index contributed by atoms with van der Waals surface area (Å²) in [6.45, 7) is 0.394. The molecule has 1 aromatic carbocycles. The Morgan fingerprint density at radius 3 is 2.75 bits per heavy atom. The number of methoxy groups -OCH3 is 1. The minimum atomic E-state index is -0.183. The van der Waals surface area contributed by atoms with Gasteiger partial charge in [-0.1, -0.05) is 18.2 Å². The highest BCUT2D eigenvalue weighted by atomic mass is 32.1. The fourth-order valence-corrected chi connectivity index (χ4v) is 2.99. The summed E-state index contributed by atoms with van der Waals surface area (Å²) in [5, 5.41) is 5.52. The van der Waals surface area contributed by atoms with Crippen LogP contribution in [-0.2, 0) is 13.0 Å². The summed E-state index contributed by atoms with van der Waals surface area (Å²) >= 11 is 1.49. The number of aromatic nitrogens is 2. The fourth-order valence-electron chi connectivity index (χ4n) is 2.18. The van der Waals surface area contributed by atoms with Crippen molar-refractivity contribution in [2.45, 2.75) is 13.0 Å². The second kappa shape index (κ2) is 7.70. The Kier molecular flexibility index (Phi) is 5.18. The zero-order chi connectivity index (χ0) is 16.8. The molecule has 1 amide bonds. The number of ether oxygens (including phenoxy) is 1. The zero-order valence-corrected chi connectivity index (χ0v) is 14.0. The molecule has 0 aliphatic rings. The molecule has 0 atom stereocenters. The smallest absolute Gasteiger partial charge is 0.271 e. The van der Waals surface area contributed by atoms with Crippen LogP contribution in [0.5, 0.6) is 5.75 Å². The molecule has 2 heterocycles. The molecule has 0 radical (unpaired) electrons. The van der Waals surface area contributed by atoms with Crippen LogP contribution in [0.2, 0.25) is 0 Å². The Bertz CT molecular complexity index is 801. The fraction of sp³-hybridized carbons (Fsp3) is 0.167. The summed E-state index contributed by atoms with van der Waals surface area (Å²) in [6, 6.07) is 13.5. The van der Waals surface area contributed by atoms with Gasteiger partial charge in [-0.25, -0.2) is 4.98 Å². The van der Waals surface area contributed by atoms with Crippen LogP contribution in [0.15, 0.2) is 54.0 Å². The maximum Gasteiger partial charge on any atom is 0.271 e. The van der Waals surface area contributed by atoms with Gasteiger partial charge in [0, 0.05) is 18.0 Å². The van der Waals surface area contributed by atoms with Crippen molar-refractivity contribution in [1.29, 1.82) is 0 Å². The first-order chi connectivity index (χ1) is 11.7. The van der Waals surface area contributed by atoms with Gasteiger partial charge in [0.05, 0.1) is 24.4 Å². The van der Waals surface area contributed by atoms with Gasteiger partial charge in [-0.2, -0.15) is 0 Å². The maximum absolute atomic E-state index is 12.2. The Balaban J connectivity index is 1.58. The van der Waals surface area contributed by atoms with E-state index in [9.17, 15) is 4.79 Å². The van der Waals surface area contributed by atoms with E-state index in [1.165, 1.54) is 11.3 Å². The number of hydrogen-bond acceptors (Lipinski definition) is 5. The summed E-state index contributed by atoms with van der Waals surface area (Å²) in [5.41, 5.74) is 2.39. The van der Waals surface area contributed by atoms with Gasteiger partial charge in [0.1, 0.15) is 11.4 Å². The predicted octanol–water partition coefficient (Wildman–Crippen LogP) is 3.07. The summed E-state index contributed by atoms with van der Waals surface area (Å²) in [4.78, 5) is 20.7. The van der Waals surface area contributed by atoms with Crippen LogP contribution in [0.25, 0.3) is 0 Å². The second-order valence-electron chi connectivity index (χ2n) is 5.16. The lowest BCUT2D eigenvalue weighted by molar-refractivity contribution is 0.0946. The number of pyridine rings is 1. The minimum Gasteiger partial charge on any atom is -0.497 e. The van der Waals surface area contributed by atoms with Crippen LogP contribution >= 0.6 is 11.3 Å². The van der Waals surface area contributed by atoms with Crippen molar-refractivity contribution in [2.75, 3.05) is 7.11 Å². The number of carbonyl (C=O) groups is 1. The second-order valence-corrected chi connectivity index (χ2v) is 6.10. The van der Waals surface area contributed by atoms with Crippen molar-refractivity contribution in [3.05, 3.63) is 76.0 Å². The van der Waals surface area contributed by atoms with E-state index in [0.29, 0.717) is 18.7 Å². The Hall–Kier alpha value is -2.73. The van der Waals surface area contributed by atoms with E-state index >= 15 is 0 Å². The monoisotopic (exact) mass is 339 g/mol. The van der Waals surface area contributed by atoms with E-state index in [2.05, 4.69) is 15.3 Å². The Morgan fingerprint density at radius 2 is 2.04 bits per heavy atom. The molecule has 122 valence electrons. The number of benzene rings is 1. The van der Waals surface area contributed by atoms with Crippen LogP contribution in [0.3, 0.4) is 0 Å². The maximum atomic E-state index is 12.2. The number of carbonyl (C=O) groups excluding carboxylic acids is 1. The molecule has 0 bridgehead atoms. The van der Waals surface area contributed by atoms with Crippen LogP contribution < -0.4 is 10.1 Å². The zero-order valence-electron chi connectivity index (χ0n) is 13.2. The summed E-state index contributed by atoms with van der Waals surface area (Å²) in [6.07, 6.45) is 2.40. The average molecular weight is 339 g/mol. The molecule has 6 heteroatoms. The first kappa shape index (κ1) is 16.1. The summed E-state index contributed by atoms with van der Waals surface area (Å²) in [5.74, 6) is 0.644. The van der Waals surface area contributed by atoms with E-state index in [1.807, 2.05) is 42.5 Å². The molecule has 3 aromatic rings. The molecule has 0 aliphatic carbocycles. The lowest BCUT2D eigenvalue weighted by atomic mass is 10.1. The molecule has 0 aliphatic heterocycles. The van der Waals surface area contributed by atoms with Gasteiger partial charge >= 0.3 is 0 Å². The minimum absolute atomic E-state index is 0.183. The lowest BCUT2D eigenvalue weighted by Crippen LogP contribution is -2.23. The Morgan fingerprint density at radius 1 is 1.21 bits per heavy atom. The van der Waals surface area contributed by atoms with E-state index in [1.54, 1.807) is 18.7 Å². The van der Waals surface area contributed by atoms with E-state index in [-0.39, 0.29) is 5.91 Å². The van der Waals surface area contributed by atoms with Gasteiger partial charge < -0.3 is 10.1 Å². The molecule has 3 rings (SSSR count). The molecule has 24 heavy (non-hydrogen) atoms. The normalized spacial score (nSPS) is 10.4. The summed E-state index contributed by atoms with van der Waals surface area (Å²) < 4.78 is 5.15. The SMILES string of the molecule is COc1ccc(Cc2nc(C(=O)NCc3ccccn3)cs2)cc1. The lowest BCUT2D eigenvalue weighted by Gasteiger charge is -2.02. The van der Waals surface area contributed by atoms with Gasteiger partial charge in [-0.3, -0.25) is 9.78 Å². The van der Waals surface area contributed by atoms with Crippen molar-refractivity contribution in [1.82, 2.24) is 15.3 Å². The van der Waals surface area contributed by atoms with Crippen LogP contribution in [-0.4, -0.2) is 23.0 Å². The third kappa shape index (κ3) is 4.17. The quantitative estimate of drug-likeness (QED) is 0.750. The van der Waals surface area contributed by atoms with Gasteiger partial charge in [-0.05, 0) is 29.8 Å². The number of nitrogens with one attached hydrogen (secondary N) is 1. The highest BCUT2D eigenvalue weighted by molar-refractivity contribution is 7.09. The highest BCUT2D eigenvalue weighted by Gasteiger charge is 2.11. The topological polar surface area (TPSA) is 64.1 Å². The van der Waals surface area contributed by atoms with Gasteiger partial charge in [0.25, 0.3) is 5.91 Å². The molecule has 5 nitrogen and oxygen atoms in total. The molecular weight excluding hydrogens is 322 g/mol. The third-order valence-electron chi connectivity index (χ3n) is 3.46. The number of hydrogen-bond donors (Lipinski definition) is 1. The highest BCUT2D eigenvalue weighted by Crippen LogP contribution is 2.17. The van der Waals surface area contributed by atoms with Crippen molar-refractivity contribution in [3.8, 4) is 5.75 Å². The van der Waals surface area contributed by atoms with Crippen LogP contribution in [0.4, 0.5) is 0 Å². The average Bonchev–Trinajstić information content (AvgIpc) is 3.10. The molecule has 2 aromatic heterocycles. The van der Waals surface area contributed by atoms with Crippen molar-refractivity contribution >= 4 is 17.2 Å². The molecule has 0 fully saturated rings. The molecule has 0 spiro atoms. The summed E-state index contributed by atoms with van der Waals surface area (Å²) in [7, 11) is 1.64. The molecule has 0 saturated heterocycles. The van der Waals surface area contributed by atoms with Gasteiger partial charge in [0.2, 0.25) is 0 Å². The molecule has 0 saturated carbocycles. The first-order valence-corrected chi connectivity index (χ1v) is 8.38. The van der Waals surface area contributed by atoms with Gasteiger partial charge in [0.15, 0.2) is 0 Å². The van der Waals surface area contributed by atoms with Gasteiger partial charge in [-0.15, -0.1) is 11.3 Å². The molecule has 0 unspecified atom stereocenters. The standard InChI is InChI=1S/C18H17N3O2S/c1-23-15-7-5-13(6-8-15)10-17-21-16(12-24-17)18(22)20-11-14-4-2-3-9-19-14/h2-9,12H,10-11H2,1H3,(H,20,22). The van der Waals surface area contributed by atoms with Crippen LogP contribution in [0, 0.1) is 0 Å². The Labute approximate surface area is 144 Å². The van der Waals surface area contributed by atoms with E-state index < -0.39 is 0 Å². The van der Waals surface area contributed by atoms with Crippen LogP contribution in [0.1, 0.15) is 26.8 Å².